The molecule has 3 aromatic rings. The number of aryl methyl sites for hydroxylation is 1. The Labute approximate surface area is 208 Å². The van der Waals surface area contributed by atoms with Crippen molar-refractivity contribution in [1.29, 1.82) is 0 Å². The van der Waals surface area contributed by atoms with E-state index in [1.54, 1.807) is 55.3 Å². The Bertz CT molecular complexity index is 1130. The van der Waals surface area contributed by atoms with Gasteiger partial charge in [-0.15, -0.1) is 0 Å². The minimum atomic E-state index is -0.663. The van der Waals surface area contributed by atoms with Gasteiger partial charge in [-0.2, -0.15) is 5.10 Å². The van der Waals surface area contributed by atoms with Gasteiger partial charge < -0.3 is 10.6 Å². The van der Waals surface area contributed by atoms with Crippen LogP contribution in [0.25, 0.3) is 16.8 Å². The summed E-state index contributed by atoms with van der Waals surface area (Å²) in [5, 5.41) is 9.81. The van der Waals surface area contributed by atoms with E-state index in [9.17, 15) is 9.18 Å². The molecule has 2 N–H and O–H groups in total. The lowest BCUT2D eigenvalue weighted by molar-refractivity contribution is -0.116. The number of amides is 1. The monoisotopic (exact) mass is 477 g/mol. The summed E-state index contributed by atoms with van der Waals surface area (Å²) in [6, 6.07) is 9.70. The Hall–Kier alpha value is -3.74. The van der Waals surface area contributed by atoms with Crippen molar-refractivity contribution in [2.24, 2.45) is 7.05 Å². The van der Waals surface area contributed by atoms with Crippen LogP contribution in [0.3, 0.4) is 0 Å². The summed E-state index contributed by atoms with van der Waals surface area (Å²) in [6.07, 6.45) is 10.3. The fraction of sp³-hybridized carbons (Fsp3) is 0.321. The first-order valence-electron chi connectivity index (χ1n) is 12.1. The van der Waals surface area contributed by atoms with Gasteiger partial charge in [0.1, 0.15) is 17.7 Å². The number of benzene rings is 1. The molecular formula is C28H36FN5O. The van der Waals surface area contributed by atoms with Crippen LogP contribution >= 0.6 is 0 Å². The number of hydrogen-bond donors (Lipinski definition) is 2. The lowest BCUT2D eigenvalue weighted by Gasteiger charge is -2.16. The van der Waals surface area contributed by atoms with Gasteiger partial charge in [0, 0.05) is 25.0 Å². The number of hydrogen-bond acceptors (Lipinski definition) is 4. The zero-order valence-electron chi connectivity index (χ0n) is 21.3. The molecule has 6 nitrogen and oxygen atoms in total. The van der Waals surface area contributed by atoms with Gasteiger partial charge in [-0.1, -0.05) is 52.0 Å². The summed E-state index contributed by atoms with van der Waals surface area (Å²) in [5.41, 5.74) is 3.94. The van der Waals surface area contributed by atoms with Crippen molar-refractivity contribution in [3.05, 3.63) is 78.9 Å². The molecule has 0 aliphatic heterocycles. The van der Waals surface area contributed by atoms with Crippen molar-refractivity contribution in [2.75, 3.05) is 10.6 Å². The second kappa shape index (κ2) is 13.8. The summed E-state index contributed by atoms with van der Waals surface area (Å²) < 4.78 is 16.3. The van der Waals surface area contributed by atoms with Crippen molar-refractivity contribution < 1.29 is 9.18 Å². The van der Waals surface area contributed by atoms with Gasteiger partial charge in [0.15, 0.2) is 0 Å². The summed E-state index contributed by atoms with van der Waals surface area (Å²) in [7, 11) is 1.80. The molecule has 0 fully saturated rings. The van der Waals surface area contributed by atoms with Gasteiger partial charge in [-0.3, -0.25) is 9.48 Å². The van der Waals surface area contributed by atoms with Crippen LogP contribution in [-0.2, 0) is 11.8 Å². The molecule has 0 spiro atoms. The molecule has 2 heterocycles. The second-order valence-electron chi connectivity index (χ2n) is 7.85. The number of nitrogens with one attached hydrogen (secondary N) is 2. The maximum absolute atomic E-state index is 14.6. The van der Waals surface area contributed by atoms with Gasteiger partial charge in [-0.05, 0) is 61.2 Å². The molecular weight excluding hydrogens is 441 g/mol. The summed E-state index contributed by atoms with van der Waals surface area (Å²) in [5.74, 6) is -0.305. The van der Waals surface area contributed by atoms with Crippen LogP contribution in [0.15, 0.2) is 67.5 Å². The number of anilines is 2. The molecule has 1 unspecified atom stereocenters. The second-order valence-corrected chi connectivity index (χ2v) is 7.85. The first-order chi connectivity index (χ1) is 16.9. The lowest BCUT2D eigenvalue weighted by Crippen LogP contribution is -2.32. The quantitative estimate of drug-likeness (QED) is 0.313. The molecule has 3 rings (SSSR count). The largest absolute Gasteiger partial charge is 0.372 e. The predicted molar refractivity (Wildman–Crippen MR) is 144 cm³/mol. The van der Waals surface area contributed by atoms with Gasteiger partial charge >= 0.3 is 0 Å². The predicted octanol–water partition coefficient (Wildman–Crippen LogP) is 6.85. The molecule has 0 aliphatic rings. The fourth-order valence-corrected chi connectivity index (χ4v) is 3.47. The molecule has 1 atom stereocenters. The van der Waals surface area contributed by atoms with E-state index in [4.69, 9.17) is 0 Å². The van der Waals surface area contributed by atoms with Gasteiger partial charge in [-0.25, -0.2) is 9.37 Å². The molecule has 7 heteroatoms. The normalized spacial score (nSPS) is 11.8. The zero-order chi connectivity index (χ0) is 25.8. The average Bonchev–Trinajstić information content (AvgIpc) is 3.30. The molecule has 0 saturated carbocycles. The van der Waals surface area contributed by atoms with E-state index in [-0.39, 0.29) is 11.6 Å². The average molecular weight is 478 g/mol. The van der Waals surface area contributed by atoms with Crippen molar-refractivity contribution >= 4 is 23.0 Å². The van der Waals surface area contributed by atoms with Crippen LogP contribution < -0.4 is 10.6 Å². The topological polar surface area (TPSA) is 71.8 Å². The zero-order valence-corrected chi connectivity index (χ0v) is 21.3. The Morgan fingerprint density at radius 2 is 2.00 bits per heavy atom. The number of pyridine rings is 1. The molecule has 35 heavy (non-hydrogen) atoms. The van der Waals surface area contributed by atoms with Crippen LogP contribution in [0.2, 0.25) is 0 Å². The first-order valence-corrected chi connectivity index (χ1v) is 12.1. The summed E-state index contributed by atoms with van der Waals surface area (Å²) in [6.45, 7) is 11.6. The van der Waals surface area contributed by atoms with Gasteiger partial charge in [0.05, 0.1) is 11.4 Å². The standard InChI is InChI=1S/C26H30FN5O.C2H6/c1-5-7-9-19(8-6-2)21-11-13-25(28-17-21)31-26(33)18(3)30-23-12-10-20(16-22(23)27)24-14-15-29-32(24)4;1-2/h6,8,10-18,30H,2,5,7,9H2,1,3-4H3,(H,28,31,33);1-2H3/b19-8+;. The Kier molecular flexibility index (Phi) is 10.9. The summed E-state index contributed by atoms with van der Waals surface area (Å²) in [4.78, 5) is 17.0. The number of allylic oxidation sites excluding steroid dienone is 3. The summed E-state index contributed by atoms with van der Waals surface area (Å²) >= 11 is 0. The number of nitrogens with zero attached hydrogens (tertiary/aromatic N) is 3. The molecule has 2 aromatic heterocycles. The molecule has 0 aliphatic carbocycles. The number of carbonyl (C=O) groups excluding carboxylic acids is 1. The molecule has 1 amide bonds. The minimum absolute atomic E-state index is 0.252. The number of carbonyl (C=O) groups is 1. The third kappa shape index (κ3) is 7.64. The van der Waals surface area contributed by atoms with Crippen molar-refractivity contribution in [2.45, 2.75) is 53.0 Å². The lowest BCUT2D eigenvalue weighted by atomic mass is 10.0. The van der Waals surface area contributed by atoms with E-state index >= 15 is 0 Å². The highest BCUT2D eigenvalue weighted by molar-refractivity contribution is 5.95. The molecule has 0 saturated heterocycles. The van der Waals surface area contributed by atoms with E-state index in [0.29, 0.717) is 11.4 Å². The van der Waals surface area contributed by atoms with Crippen molar-refractivity contribution in [3.63, 3.8) is 0 Å². The van der Waals surface area contributed by atoms with E-state index < -0.39 is 11.9 Å². The Morgan fingerprint density at radius 1 is 1.23 bits per heavy atom. The highest BCUT2D eigenvalue weighted by atomic mass is 19.1. The van der Waals surface area contributed by atoms with Crippen LogP contribution in [0.4, 0.5) is 15.9 Å². The maximum Gasteiger partial charge on any atom is 0.247 e. The van der Waals surface area contributed by atoms with Crippen molar-refractivity contribution in [3.8, 4) is 11.3 Å². The smallest absolute Gasteiger partial charge is 0.247 e. The van der Waals surface area contributed by atoms with Gasteiger partial charge in [0.2, 0.25) is 5.91 Å². The number of unbranched alkanes of at least 4 members (excludes halogenated alkanes) is 1. The Morgan fingerprint density at radius 3 is 2.57 bits per heavy atom. The molecule has 0 bridgehead atoms. The maximum atomic E-state index is 14.6. The van der Waals surface area contributed by atoms with E-state index in [1.807, 2.05) is 32.1 Å². The van der Waals surface area contributed by atoms with Crippen LogP contribution in [-0.4, -0.2) is 26.7 Å². The van der Waals surface area contributed by atoms with Crippen LogP contribution in [0.5, 0.6) is 0 Å². The SMILES string of the molecule is C=C/C=C(\CCCC)c1ccc(NC(=O)C(C)Nc2ccc(-c3ccnn3C)cc2F)nc1.CC. The highest BCUT2D eigenvalue weighted by Crippen LogP contribution is 2.25. The molecule has 1 aromatic carbocycles. The number of aromatic nitrogens is 3. The number of halogens is 1. The van der Waals surface area contributed by atoms with Crippen molar-refractivity contribution in [1.82, 2.24) is 14.8 Å². The van der Waals surface area contributed by atoms with E-state index in [2.05, 4.69) is 34.2 Å². The first kappa shape index (κ1) is 27.5. The Balaban J connectivity index is 0.00000210. The fourth-order valence-electron chi connectivity index (χ4n) is 3.47. The van der Waals surface area contributed by atoms with Crippen LogP contribution in [0.1, 0.15) is 52.5 Å². The third-order valence-electron chi connectivity index (χ3n) is 5.36. The van der Waals surface area contributed by atoms with E-state index in [1.165, 1.54) is 6.07 Å². The minimum Gasteiger partial charge on any atom is -0.372 e. The molecule has 0 radical (unpaired) electrons. The van der Waals surface area contributed by atoms with Gasteiger partial charge in [0.25, 0.3) is 0 Å². The molecule has 186 valence electrons. The highest BCUT2D eigenvalue weighted by Gasteiger charge is 2.16. The third-order valence-corrected chi connectivity index (χ3v) is 5.36. The van der Waals surface area contributed by atoms with Crippen LogP contribution in [0, 0.1) is 5.82 Å². The van der Waals surface area contributed by atoms with E-state index in [0.717, 1.165) is 36.1 Å². The number of rotatable bonds is 10.